The molecule has 0 saturated carbocycles. The lowest BCUT2D eigenvalue weighted by molar-refractivity contribution is -0.115. The van der Waals surface area contributed by atoms with E-state index in [9.17, 15) is 4.79 Å². The molecule has 0 unspecified atom stereocenters. The van der Waals surface area contributed by atoms with Gasteiger partial charge in [-0.25, -0.2) is 0 Å². The molecule has 6 nitrogen and oxygen atoms in total. The molecule has 2 N–H and O–H groups in total. The number of para-hydroxylation sites is 1. The number of fused-ring (bicyclic) bond motifs is 1. The van der Waals surface area contributed by atoms with Gasteiger partial charge in [0.15, 0.2) is 11.6 Å². The second-order valence-electron chi connectivity index (χ2n) is 6.41. The Balaban J connectivity index is 1.40. The third kappa shape index (κ3) is 3.47. The van der Waals surface area contributed by atoms with Gasteiger partial charge in [-0.05, 0) is 43.0 Å². The lowest BCUT2D eigenvalue weighted by Crippen LogP contribution is -2.30. The van der Waals surface area contributed by atoms with E-state index in [0.29, 0.717) is 12.2 Å². The smallest absolute Gasteiger partial charge is 0.230 e. The number of hydrogen-bond acceptors (Lipinski definition) is 4. The van der Waals surface area contributed by atoms with Crippen molar-refractivity contribution in [3.8, 4) is 0 Å². The number of nitrogens with one attached hydrogen (secondary N) is 2. The third-order valence-corrected chi connectivity index (χ3v) is 4.62. The highest BCUT2D eigenvalue weighted by Gasteiger charge is 2.13. The zero-order chi connectivity index (χ0) is 17.1. The lowest BCUT2D eigenvalue weighted by atomic mass is 10.1. The van der Waals surface area contributed by atoms with E-state index >= 15 is 0 Å². The molecule has 0 aliphatic carbocycles. The van der Waals surface area contributed by atoms with Gasteiger partial charge < -0.3 is 15.2 Å². The maximum absolute atomic E-state index is 12.3. The molecule has 2 aromatic heterocycles. The molecule has 4 rings (SSSR count). The Hall–Kier alpha value is -2.89. The molecule has 1 aromatic carbocycles. The predicted molar refractivity (Wildman–Crippen MR) is 98.7 cm³/mol. The Kier molecular flexibility index (Phi) is 4.33. The highest BCUT2D eigenvalue weighted by Crippen LogP contribution is 2.19. The number of benzene rings is 1. The summed E-state index contributed by atoms with van der Waals surface area (Å²) in [4.78, 5) is 17.7. The van der Waals surface area contributed by atoms with Crippen LogP contribution in [0.3, 0.4) is 0 Å². The summed E-state index contributed by atoms with van der Waals surface area (Å²) in [6.07, 6.45) is 5.87. The molecule has 25 heavy (non-hydrogen) atoms. The molecule has 1 fully saturated rings. The molecule has 0 spiro atoms. The molecule has 1 amide bonds. The van der Waals surface area contributed by atoms with Crippen molar-refractivity contribution in [2.24, 2.45) is 0 Å². The molecule has 0 radical (unpaired) electrons. The first kappa shape index (κ1) is 15.6. The first-order chi connectivity index (χ1) is 12.3. The fraction of sp³-hybridized carbons (Fsp3) is 0.316. The Morgan fingerprint density at radius 1 is 1.08 bits per heavy atom. The fourth-order valence-corrected chi connectivity index (χ4v) is 3.32. The molecule has 6 heteroatoms. The van der Waals surface area contributed by atoms with E-state index < -0.39 is 0 Å². The van der Waals surface area contributed by atoms with Gasteiger partial charge in [-0.1, -0.05) is 18.2 Å². The molecule has 1 aliphatic rings. The van der Waals surface area contributed by atoms with Crippen LogP contribution in [0.15, 0.2) is 42.6 Å². The second kappa shape index (κ2) is 6.93. The van der Waals surface area contributed by atoms with Gasteiger partial charge >= 0.3 is 0 Å². The van der Waals surface area contributed by atoms with Crippen molar-refractivity contribution in [2.45, 2.75) is 25.7 Å². The molecule has 0 bridgehead atoms. The van der Waals surface area contributed by atoms with Crippen molar-refractivity contribution >= 4 is 28.4 Å². The van der Waals surface area contributed by atoms with Crippen LogP contribution in [-0.2, 0) is 11.2 Å². The molecular formula is C19H21N5O. The average molecular weight is 335 g/mol. The number of H-pyrrole nitrogens is 1. The minimum absolute atomic E-state index is 0.0928. The van der Waals surface area contributed by atoms with Gasteiger partial charge in [0.1, 0.15) is 0 Å². The van der Waals surface area contributed by atoms with E-state index in [0.717, 1.165) is 35.4 Å². The van der Waals surface area contributed by atoms with E-state index in [4.69, 9.17) is 0 Å². The Morgan fingerprint density at radius 2 is 1.92 bits per heavy atom. The number of nitrogens with zero attached hydrogens (tertiary/aromatic N) is 3. The van der Waals surface area contributed by atoms with Crippen LogP contribution in [0.4, 0.5) is 11.6 Å². The van der Waals surface area contributed by atoms with Crippen LogP contribution < -0.4 is 10.2 Å². The van der Waals surface area contributed by atoms with E-state index in [1.54, 1.807) is 0 Å². The average Bonchev–Trinajstić information content (AvgIpc) is 3.06. The number of piperidine rings is 1. The number of carbonyl (C=O) groups is 1. The molecular weight excluding hydrogens is 314 g/mol. The van der Waals surface area contributed by atoms with Gasteiger partial charge in [-0.15, -0.1) is 10.2 Å². The van der Waals surface area contributed by atoms with Crippen molar-refractivity contribution in [1.82, 2.24) is 15.2 Å². The molecule has 1 aliphatic heterocycles. The Labute approximate surface area is 146 Å². The van der Waals surface area contributed by atoms with Gasteiger partial charge in [0.05, 0.1) is 6.42 Å². The summed E-state index contributed by atoms with van der Waals surface area (Å²) in [5.41, 5.74) is 2.02. The van der Waals surface area contributed by atoms with E-state index in [2.05, 4.69) is 25.4 Å². The highest BCUT2D eigenvalue weighted by atomic mass is 16.1. The predicted octanol–water partition coefficient (Wildman–Crippen LogP) is 3.13. The minimum atomic E-state index is -0.0928. The van der Waals surface area contributed by atoms with E-state index in [1.807, 2.05) is 42.6 Å². The Morgan fingerprint density at radius 3 is 2.72 bits per heavy atom. The third-order valence-electron chi connectivity index (χ3n) is 4.62. The zero-order valence-electron chi connectivity index (χ0n) is 14.0. The normalized spacial score (nSPS) is 14.6. The molecule has 3 heterocycles. The second-order valence-corrected chi connectivity index (χ2v) is 6.41. The van der Waals surface area contributed by atoms with Gasteiger partial charge in [0.25, 0.3) is 0 Å². The van der Waals surface area contributed by atoms with Crippen molar-refractivity contribution in [3.05, 3.63) is 48.2 Å². The summed E-state index contributed by atoms with van der Waals surface area (Å²) in [5.74, 6) is 1.28. The molecule has 1 saturated heterocycles. The number of amides is 1. The Bertz CT molecular complexity index is 865. The standard InChI is InChI=1S/C19H21N5O/c25-19(12-14-13-20-16-7-3-2-6-15(14)16)21-17-8-9-18(23-22-17)24-10-4-1-5-11-24/h2-3,6-9,13,20H,1,4-5,10-12H2,(H,21,22,25). The van der Waals surface area contributed by atoms with Crippen LogP contribution in [-0.4, -0.2) is 34.2 Å². The number of hydrogen-bond donors (Lipinski definition) is 2. The number of carbonyl (C=O) groups excluding carboxylic acids is 1. The number of rotatable bonds is 4. The van der Waals surface area contributed by atoms with Crippen LogP contribution in [0.2, 0.25) is 0 Å². The topological polar surface area (TPSA) is 73.9 Å². The monoisotopic (exact) mass is 335 g/mol. The summed E-state index contributed by atoms with van der Waals surface area (Å²) in [7, 11) is 0. The van der Waals surface area contributed by atoms with Crippen molar-refractivity contribution in [3.63, 3.8) is 0 Å². The van der Waals surface area contributed by atoms with Crippen LogP contribution in [0, 0.1) is 0 Å². The van der Waals surface area contributed by atoms with Crippen molar-refractivity contribution in [1.29, 1.82) is 0 Å². The van der Waals surface area contributed by atoms with Crippen LogP contribution >= 0.6 is 0 Å². The van der Waals surface area contributed by atoms with Gasteiger partial charge in [0, 0.05) is 30.2 Å². The summed E-state index contributed by atoms with van der Waals surface area (Å²) in [6, 6.07) is 11.7. The van der Waals surface area contributed by atoms with E-state index in [-0.39, 0.29) is 5.91 Å². The SMILES string of the molecule is O=C(Cc1c[nH]c2ccccc12)Nc1ccc(N2CCCCC2)nn1. The fourth-order valence-electron chi connectivity index (χ4n) is 3.32. The summed E-state index contributed by atoms with van der Waals surface area (Å²) < 4.78 is 0. The maximum Gasteiger partial charge on any atom is 0.230 e. The maximum atomic E-state index is 12.3. The summed E-state index contributed by atoms with van der Waals surface area (Å²) >= 11 is 0. The van der Waals surface area contributed by atoms with Gasteiger partial charge in [-0.2, -0.15) is 0 Å². The number of anilines is 2. The molecule has 0 atom stereocenters. The largest absolute Gasteiger partial charge is 0.361 e. The van der Waals surface area contributed by atoms with Gasteiger partial charge in [-0.3, -0.25) is 4.79 Å². The van der Waals surface area contributed by atoms with Crippen LogP contribution in [0.25, 0.3) is 10.9 Å². The van der Waals surface area contributed by atoms with Crippen LogP contribution in [0.1, 0.15) is 24.8 Å². The van der Waals surface area contributed by atoms with Crippen molar-refractivity contribution < 1.29 is 4.79 Å². The summed E-state index contributed by atoms with van der Waals surface area (Å²) in [5, 5.41) is 12.3. The van der Waals surface area contributed by atoms with Crippen LogP contribution in [0.5, 0.6) is 0 Å². The zero-order valence-corrected chi connectivity index (χ0v) is 14.0. The molecule has 3 aromatic rings. The minimum Gasteiger partial charge on any atom is -0.361 e. The first-order valence-electron chi connectivity index (χ1n) is 8.73. The summed E-state index contributed by atoms with van der Waals surface area (Å²) in [6.45, 7) is 2.06. The first-order valence-corrected chi connectivity index (χ1v) is 8.73. The number of aromatic nitrogens is 3. The van der Waals surface area contributed by atoms with E-state index in [1.165, 1.54) is 19.3 Å². The molecule has 128 valence electrons. The quantitative estimate of drug-likeness (QED) is 0.768. The van der Waals surface area contributed by atoms with Crippen molar-refractivity contribution in [2.75, 3.05) is 23.3 Å². The number of aromatic amines is 1. The van der Waals surface area contributed by atoms with Gasteiger partial charge in [0.2, 0.25) is 5.91 Å². The highest BCUT2D eigenvalue weighted by molar-refractivity contribution is 5.95. The lowest BCUT2D eigenvalue weighted by Gasteiger charge is -2.27.